The first-order valence-electron chi connectivity index (χ1n) is 9.25. The lowest BCUT2D eigenvalue weighted by Gasteiger charge is -2.21. The van der Waals surface area contributed by atoms with Crippen LogP contribution >= 0.6 is 0 Å². The van der Waals surface area contributed by atoms with Gasteiger partial charge in [0.05, 0.1) is 11.9 Å². The van der Waals surface area contributed by atoms with Gasteiger partial charge in [-0.1, -0.05) is 13.8 Å². The number of ether oxygens (including phenoxy) is 1. The zero-order valence-electron chi connectivity index (χ0n) is 14.9. The van der Waals surface area contributed by atoms with Crippen molar-refractivity contribution in [2.75, 3.05) is 13.2 Å². The summed E-state index contributed by atoms with van der Waals surface area (Å²) in [4.78, 5) is 10.5. The van der Waals surface area contributed by atoms with E-state index < -0.39 is 12.1 Å². The molecule has 0 aromatic heterocycles. The van der Waals surface area contributed by atoms with Gasteiger partial charge in [-0.2, -0.15) is 0 Å². The van der Waals surface area contributed by atoms with Gasteiger partial charge in [-0.25, -0.2) is 4.79 Å². The molecule has 0 bridgehead atoms. The summed E-state index contributed by atoms with van der Waals surface area (Å²) in [7, 11) is 0. The van der Waals surface area contributed by atoms with E-state index in [0.717, 1.165) is 38.5 Å². The number of hydrogen-bond acceptors (Lipinski definition) is 4. The number of carbonyl (C=O) groups is 1. The molecule has 3 N–H and O–H groups in total. The van der Waals surface area contributed by atoms with Gasteiger partial charge in [0.25, 0.3) is 0 Å². The summed E-state index contributed by atoms with van der Waals surface area (Å²) in [5.41, 5.74) is 0. The van der Waals surface area contributed by atoms with Crippen LogP contribution in [0.1, 0.15) is 52.4 Å². The standard InChI is InChI=1S/C19H32O5/c1-12(2)4-3-5-16(20)19-15-9-13(6-7-24-11-18(22)23)8-14(15)10-17(19)21/h5,12-15,17,19-21H,3-4,6-11H2,1-2H3,(H,22,23)/t13-,14-,15-,17+,19+/m1/s1. The molecular formula is C19H32O5. The first-order chi connectivity index (χ1) is 11.4. The van der Waals surface area contributed by atoms with Crippen molar-refractivity contribution >= 4 is 5.97 Å². The fourth-order valence-electron chi connectivity index (χ4n) is 4.49. The minimum atomic E-state index is -0.932. The van der Waals surface area contributed by atoms with Gasteiger partial charge in [0.2, 0.25) is 0 Å². The maximum absolute atomic E-state index is 10.5. The van der Waals surface area contributed by atoms with Crippen LogP contribution in [0.2, 0.25) is 0 Å². The molecule has 0 amide bonds. The number of aliphatic carboxylic acids is 1. The third-order valence-electron chi connectivity index (χ3n) is 5.60. The molecule has 0 radical (unpaired) electrons. The smallest absolute Gasteiger partial charge is 0.329 e. The molecule has 0 saturated heterocycles. The SMILES string of the molecule is CC(C)CCC=C(O)[C@@H]1[C@@H]2C[C@H](CCOCC(=O)O)C[C@@H]2C[C@@H]1O. The summed E-state index contributed by atoms with van der Waals surface area (Å²) in [6.07, 6.45) is 7.05. The van der Waals surface area contributed by atoms with Crippen molar-refractivity contribution in [2.45, 2.75) is 58.5 Å². The predicted octanol–water partition coefficient (Wildman–Crippen LogP) is 3.38. The zero-order valence-corrected chi connectivity index (χ0v) is 14.9. The summed E-state index contributed by atoms with van der Waals surface area (Å²) in [6.45, 7) is 4.57. The minimum absolute atomic E-state index is 0.118. The second-order valence-corrected chi connectivity index (χ2v) is 7.93. The first kappa shape index (κ1) is 19.3. The van der Waals surface area contributed by atoms with E-state index >= 15 is 0 Å². The lowest BCUT2D eigenvalue weighted by Crippen LogP contribution is -2.22. The van der Waals surface area contributed by atoms with Gasteiger partial charge in [-0.3, -0.25) is 0 Å². The van der Waals surface area contributed by atoms with Crippen molar-refractivity contribution in [3.05, 3.63) is 11.8 Å². The summed E-state index contributed by atoms with van der Waals surface area (Å²) in [6, 6.07) is 0. The third kappa shape index (κ3) is 5.21. The number of rotatable bonds is 9. The highest BCUT2D eigenvalue weighted by Crippen LogP contribution is 2.52. The highest BCUT2D eigenvalue weighted by Gasteiger charge is 2.49. The largest absolute Gasteiger partial charge is 0.512 e. The quantitative estimate of drug-likeness (QED) is 0.442. The maximum atomic E-state index is 10.5. The van der Waals surface area contributed by atoms with E-state index in [4.69, 9.17) is 9.84 Å². The second kappa shape index (κ2) is 8.86. The molecule has 0 aromatic rings. The lowest BCUT2D eigenvalue weighted by atomic mass is 9.88. The normalized spacial score (nSPS) is 33.2. The summed E-state index contributed by atoms with van der Waals surface area (Å²) in [5, 5.41) is 29.4. The molecule has 2 aliphatic carbocycles. The Bertz CT molecular complexity index is 445. The molecule has 5 nitrogen and oxygen atoms in total. The van der Waals surface area contributed by atoms with Crippen LogP contribution in [0, 0.1) is 29.6 Å². The Labute approximate surface area is 144 Å². The molecule has 24 heavy (non-hydrogen) atoms. The Morgan fingerprint density at radius 2 is 2.00 bits per heavy atom. The van der Waals surface area contributed by atoms with Crippen LogP contribution in [0.5, 0.6) is 0 Å². The summed E-state index contributed by atoms with van der Waals surface area (Å²) < 4.78 is 5.14. The van der Waals surface area contributed by atoms with E-state index in [9.17, 15) is 15.0 Å². The molecule has 2 saturated carbocycles. The molecule has 0 spiro atoms. The number of carboxylic acid groups (broad SMARTS) is 1. The molecule has 2 fully saturated rings. The third-order valence-corrected chi connectivity index (χ3v) is 5.60. The molecule has 0 aliphatic heterocycles. The lowest BCUT2D eigenvalue weighted by molar-refractivity contribution is -0.142. The van der Waals surface area contributed by atoms with Gasteiger partial charge in [0.1, 0.15) is 6.61 Å². The van der Waals surface area contributed by atoms with Gasteiger partial charge >= 0.3 is 5.97 Å². The van der Waals surface area contributed by atoms with E-state index in [1.165, 1.54) is 0 Å². The molecule has 0 aromatic carbocycles. The van der Waals surface area contributed by atoms with E-state index in [1.54, 1.807) is 0 Å². The number of aliphatic hydroxyl groups excluding tert-OH is 2. The van der Waals surface area contributed by atoms with Gasteiger partial charge in [0, 0.05) is 12.5 Å². The minimum Gasteiger partial charge on any atom is -0.512 e. The van der Waals surface area contributed by atoms with E-state index in [1.807, 2.05) is 6.08 Å². The first-order valence-corrected chi connectivity index (χ1v) is 9.25. The Kier molecular flexibility index (Phi) is 7.11. The number of carboxylic acids is 1. The van der Waals surface area contributed by atoms with Crippen LogP contribution in [0.3, 0.4) is 0 Å². The Hall–Kier alpha value is -1.07. The van der Waals surface area contributed by atoms with Crippen molar-refractivity contribution < 1.29 is 24.9 Å². The van der Waals surface area contributed by atoms with Gasteiger partial charge in [-0.05, 0) is 68.3 Å². The molecule has 138 valence electrons. The zero-order chi connectivity index (χ0) is 17.7. The van der Waals surface area contributed by atoms with Crippen LogP contribution < -0.4 is 0 Å². The molecule has 0 heterocycles. The Balaban J connectivity index is 1.83. The van der Waals surface area contributed by atoms with Gasteiger partial charge in [-0.15, -0.1) is 0 Å². The number of aliphatic hydroxyl groups is 2. The number of fused-ring (bicyclic) bond motifs is 1. The Morgan fingerprint density at radius 1 is 1.25 bits per heavy atom. The van der Waals surface area contributed by atoms with Crippen molar-refractivity contribution in [1.29, 1.82) is 0 Å². The molecular weight excluding hydrogens is 308 g/mol. The van der Waals surface area contributed by atoms with Crippen LogP contribution in [-0.4, -0.2) is 40.6 Å². The van der Waals surface area contributed by atoms with Crippen molar-refractivity contribution in [3.8, 4) is 0 Å². The number of hydrogen-bond donors (Lipinski definition) is 3. The predicted molar refractivity (Wildman–Crippen MR) is 91.7 cm³/mol. The maximum Gasteiger partial charge on any atom is 0.329 e. The molecule has 5 atom stereocenters. The van der Waals surface area contributed by atoms with Crippen molar-refractivity contribution in [2.24, 2.45) is 29.6 Å². The Morgan fingerprint density at radius 3 is 2.67 bits per heavy atom. The van der Waals surface area contributed by atoms with Crippen LogP contribution in [-0.2, 0) is 9.53 Å². The topological polar surface area (TPSA) is 87.0 Å². The van der Waals surface area contributed by atoms with E-state index in [-0.39, 0.29) is 12.5 Å². The van der Waals surface area contributed by atoms with E-state index in [2.05, 4.69) is 13.8 Å². The molecule has 0 unspecified atom stereocenters. The van der Waals surface area contributed by atoms with Gasteiger partial charge in [0.15, 0.2) is 0 Å². The van der Waals surface area contributed by atoms with Crippen LogP contribution in [0.25, 0.3) is 0 Å². The van der Waals surface area contributed by atoms with Crippen molar-refractivity contribution in [3.63, 3.8) is 0 Å². The summed E-state index contributed by atoms with van der Waals surface area (Å²) >= 11 is 0. The van der Waals surface area contributed by atoms with Crippen LogP contribution in [0.4, 0.5) is 0 Å². The van der Waals surface area contributed by atoms with Gasteiger partial charge < -0.3 is 20.1 Å². The van der Waals surface area contributed by atoms with Crippen LogP contribution in [0.15, 0.2) is 11.8 Å². The average Bonchev–Trinajstić information content (AvgIpc) is 2.98. The highest BCUT2D eigenvalue weighted by atomic mass is 16.5. The molecule has 2 aliphatic rings. The fourth-order valence-corrected chi connectivity index (χ4v) is 4.49. The van der Waals surface area contributed by atoms with E-state index in [0.29, 0.717) is 36.0 Å². The molecule has 2 rings (SSSR count). The fraction of sp³-hybridized carbons (Fsp3) is 0.842. The average molecular weight is 340 g/mol. The van der Waals surface area contributed by atoms with Crippen molar-refractivity contribution in [1.82, 2.24) is 0 Å². The monoisotopic (exact) mass is 340 g/mol. The summed E-state index contributed by atoms with van der Waals surface area (Å²) in [5.74, 6) is 1.25. The number of allylic oxidation sites excluding steroid dienone is 1. The second-order valence-electron chi connectivity index (χ2n) is 7.93. The molecule has 5 heteroatoms. The highest BCUT2D eigenvalue weighted by molar-refractivity contribution is 5.67.